The first-order chi connectivity index (χ1) is 10.0. The predicted molar refractivity (Wildman–Crippen MR) is 76.5 cm³/mol. The molecule has 2 aromatic carbocycles. The lowest BCUT2D eigenvalue weighted by atomic mass is 10.1. The van der Waals surface area contributed by atoms with Gasteiger partial charge in [-0.1, -0.05) is 28.9 Å². The van der Waals surface area contributed by atoms with Gasteiger partial charge in [0.15, 0.2) is 0 Å². The van der Waals surface area contributed by atoms with Crippen molar-refractivity contribution >= 4 is 11.6 Å². The Morgan fingerprint density at radius 3 is 2.71 bits per heavy atom. The number of phenolic OH excluding ortho intramolecular Hbond substituents is 1. The normalized spacial score (nSPS) is 10.8. The summed E-state index contributed by atoms with van der Waals surface area (Å²) in [5.74, 6) is -0.0145. The van der Waals surface area contributed by atoms with Crippen molar-refractivity contribution in [3.63, 3.8) is 0 Å². The third kappa shape index (κ3) is 2.60. The Kier molecular flexibility index (Phi) is 3.35. The molecule has 0 aliphatic heterocycles. The maximum absolute atomic E-state index is 13.6. The first kappa shape index (κ1) is 13.6. The Bertz CT molecular complexity index is 817. The Balaban J connectivity index is 2.01. The largest absolute Gasteiger partial charge is 0.507 e. The number of nitrogens with zero attached hydrogens (tertiary/aromatic N) is 2. The van der Waals surface area contributed by atoms with Crippen molar-refractivity contribution in [2.24, 2.45) is 0 Å². The molecule has 0 fully saturated rings. The fourth-order valence-corrected chi connectivity index (χ4v) is 2.03. The standard InChI is InChI=1S/C15H10ClFN2O2/c1-8-2-3-9(6-12(8)17)14-18-15(21-19-14)11-5-4-10(16)7-13(11)20/h2-7,20H,1H3. The molecule has 1 heterocycles. The summed E-state index contributed by atoms with van der Waals surface area (Å²) in [6.45, 7) is 1.67. The minimum absolute atomic E-state index is 0.0622. The van der Waals surface area contributed by atoms with Crippen molar-refractivity contribution in [2.75, 3.05) is 0 Å². The van der Waals surface area contributed by atoms with Gasteiger partial charge in [-0.2, -0.15) is 4.98 Å². The molecule has 4 nitrogen and oxygen atoms in total. The summed E-state index contributed by atoms with van der Waals surface area (Å²) in [5, 5.41) is 14.0. The Labute approximate surface area is 124 Å². The minimum atomic E-state index is -0.340. The van der Waals surface area contributed by atoms with E-state index in [1.165, 1.54) is 12.1 Å². The topological polar surface area (TPSA) is 59.2 Å². The van der Waals surface area contributed by atoms with E-state index in [0.29, 0.717) is 21.7 Å². The van der Waals surface area contributed by atoms with Gasteiger partial charge in [-0.15, -0.1) is 0 Å². The van der Waals surface area contributed by atoms with E-state index >= 15 is 0 Å². The average Bonchev–Trinajstić information content (AvgIpc) is 2.91. The molecule has 0 bridgehead atoms. The van der Waals surface area contributed by atoms with Gasteiger partial charge in [0.1, 0.15) is 11.6 Å². The highest BCUT2D eigenvalue weighted by Crippen LogP contribution is 2.31. The summed E-state index contributed by atoms with van der Waals surface area (Å²) in [4.78, 5) is 4.16. The van der Waals surface area contributed by atoms with Gasteiger partial charge in [0.05, 0.1) is 5.56 Å². The molecule has 0 saturated heterocycles. The van der Waals surface area contributed by atoms with Crippen LogP contribution in [0.25, 0.3) is 22.8 Å². The summed E-state index contributed by atoms with van der Waals surface area (Å²) in [6, 6.07) is 9.24. The molecular weight excluding hydrogens is 295 g/mol. The molecule has 1 aromatic heterocycles. The summed E-state index contributed by atoms with van der Waals surface area (Å²) < 4.78 is 18.7. The smallest absolute Gasteiger partial charge is 0.261 e. The van der Waals surface area contributed by atoms with E-state index in [1.54, 1.807) is 31.2 Å². The van der Waals surface area contributed by atoms with Crippen molar-refractivity contribution in [3.05, 3.63) is 52.8 Å². The van der Waals surface area contributed by atoms with Crippen LogP contribution in [0, 0.1) is 12.7 Å². The van der Waals surface area contributed by atoms with Crippen molar-refractivity contribution < 1.29 is 14.0 Å². The van der Waals surface area contributed by atoms with Gasteiger partial charge in [-0.05, 0) is 36.8 Å². The van der Waals surface area contributed by atoms with Crippen LogP contribution in [0.5, 0.6) is 5.75 Å². The molecule has 0 radical (unpaired) electrons. The lowest BCUT2D eigenvalue weighted by Gasteiger charge is -1.99. The van der Waals surface area contributed by atoms with E-state index in [-0.39, 0.29) is 23.3 Å². The zero-order valence-corrected chi connectivity index (χ0v) is 11.7. The van der Waals surface area contributed by atoms with E-state index in [1.807, 2.05) is 0 Å². The van der Waals surface area contributed by atoms with Crippen LogP contribution in [0.15, 0.2) is 40.9 Å². The van der Waals surface area contributed by atoms with Crippen LogP contribution in [0.4, 0.5) is 4.39 Å². The molecule has 106 valence electrons. The van der Waals surface area contributed by atoms with Crippen LogP contribution >= 0.6 is 11.6 Å². The number of benzene rings is 2. The van der Waals surface area contributed by atoms with Gasteiger partial charge in [0.25, 0.3) is 5.89 Å². The number of aromatic hydroxyl groups is 1. The van der Waals surface area contributed by atoms with Crippen molar-refractivity contribution in [2.45, 2.75) is 6.92 Å². The molecule has 0 spiro atoms. The van der Waals surface area contributed by atoms with Crippen LogP contribution in [0.2, 0.25) is 5.02 Å². The Morgan fingerprint density at radius 2 is 2.00 bits per heavy atom. The first-order valence-electron chi connectivity index (χ1n) is 6.14. The summed E-state index contributed by atoms with van der Waals surface area (Å²) in [6.07, 6.45) is 0. The van der Waals surface area contributed by atoms with Gasteiger partial charge in [0.2, 0.25) is 5.82 Å². The van der Waals surface area contributed by atoms with E-state index in [4.69, 9.17) is 16.1 Å². The number of rotatable bonds is 2. The maximum Gasteiger partial charge on any atom is 0.261 e. The van der Waals surface area contributed by atoms with Crippen LogP contribution in [0.1, 0.15) is 5.56 Å². The number of halogens is 2. The molecule has 0 atom stereocenters. The van der Waals surface area contributed by atoms with Crippen molar-refractivity contribution in [1.82, 2.24) is 10.1 Å². The Hall–Kier alpha value is -2.40. The van der Waals surface area contributed by atoms with Gasteiger partial charge in [0, 0.05) is 10.6 Å². The zero-order valence-electron chi connectivity index (χ0n) is 11.0. The lowest BCUT2D eigenvalue weighted by molar-refractivity contribution is 0.425. The van der Waals surface area contributed by atoms with Crippen molar-refractivity contribution in [1.29, 1.82) is 0 Å². The fraction of sp³-hybridized carbons (Fsp3) is 0.0667. The SMILES string of the molecule is Cc1ccc(-c2noc(-c3ccc(Cl)cc3O)n2)cc1F. The van der Waals surface area contributed by atoms with Gasteiger partial charge in [-0.3, -0.25) is 0 Å². The summed E-state index contributed by atoms with van der Waals surface area (Å²) >= 11 is 5.77. The summed E-state index contributed by atoms with van der Waals surface area (Å²) in [5.41, 5.74) is 1.41. The molecule has 0 unspecified atom stereocenters. The first-order valence-corrected chi connectivity index (χ1v) is 6.51. The number of aromatic nitrogens is 2. The molecule has 3 rings (SSSR count). The molecule has 0 saturated carbocycles. The lowest BCUT2D eigenvalue weighted by Crippen LogP contribution is -1.86. The zero-order chi connectivity index (χ0) is 15.0. The third-order valence-corrected chi connectivity index (χ3v) is 3.28. The number of hydrogen-bond donors (Lipinski definition) is 1. The van der Waals surface area contributed by atoms with E-state index < -0.39 is 0 Å². The number of aryl methyl sites for hydroxylation is 1. The molecule has 0 aliphatic rings. The number of hydrogen-bond acceptors (Lipinski definition) is 4. The van der Waals surface area contributed by atoms with Crippen LogP contribution in [0.3, 0.4) is 0 Å². The van der Waals surface area contributed by atoms with Crippen LogP contribution in [-0.2, 0) is 0 Å². The maximum atomic E-state index is 13.6. The second-order valence-corrected chi connectivity index (χ2v) is 4.99. The molecule has 1 N–H and O–H groups in total. The highest BCUT2D eigenvalue weighted by Gasteiger charge is 2.15. The van der Waals surface area contributed by atoms with Crippen LogP contribution < -0.4 is 0 Å². The van der Waals surface area contributed by atoms with Gasteiger partial charge in [-0.25, -0.2) is 4.39 Å². The second-order valence-electron chi connectivity index (χ2n) is 4.55. The molecular formula is C15H10ClFN2O2. The van der Waals surface area contributed by atoms with E-state index in [0.717, 1.165) is 0 Å². The molecule has 21 heavy (non-hydrogen) atoms. The summed E-state index contributed by atoms with van der Waals surface area (Å²) in [7, 11) is 0. The van der Waals surface area contributed by atoms with E-state index in [9.17, 15) is 9.50 Å². The van der Waals surface area contributed by atoms with Crippen molar-refractivity contribution in [3.8, 4) is 28.6 Å². The minimum Gasteiger partial charge on any atom is -0.507 e. The van der Waals surface area contributed by atoms with Crippen LogP contribution in [-0.4, -0.2) is 15.2 Å². The highest BCUT2D eigenvalue weighted by molar-refractivity contribution is 6.30. The number of phenols is 1. The Morgan fingerprint density at radius 1 is 1.19 bits per heavy atom. The fourth-order valence-electron chi connectivity index (χ4n) is 1.87. The van der Waals surface area contributed by atoms with Gasteiger partial charge < -0.3 is 9.63 Å². The molecule has 3 aromatic rings. The molecule has 0 amide bonds. The molecule has 0 aliphatic carbocycles. The predicted octanol–water partition coefficient (Wildman–Crippen LogP) is 4.21. The third-order valence-electron chi connectivity index (χ3n) is 3.05. The average molecular weight is 305 g/mol. The second kappa shape index (κ2) is 5.18. The van der Waals surface area contributed by atoms with E-state index in [2.05, 4.69) is 10.1 Å². The quantitative estimate of drug-likeness (QED) is 0.770. The highest BCUT2D eigenvalue weighted by atomic mass is 35.5. The van der Waals surface area contributed by atoms with Gasteiger partial charge >= 0.3 is 0 Å². The molecule has 6 heteroatoms. The monoisotopic (exact) mass is 304 g/mol.